The van der Waals surface area contributed by atoms with Crippen LogP contribution in [-0.4, -0.2) is 15.9 Å². The number of hydrogen-bond donors (Lipinski definition) is 1. The van der Waals surface area contributed by atoms with Crippen LogP contribution in [0.1, 0.15) is 37.3 Å². The summed E-state index contributed by atoms with van der Waals surface area (Å²) >= 11 is 0. The highest BCUT2D eigenvalue weighted by molar-refractivity contribution is 5.77. The SMILES string of the molecule is O=c1cc(C2CCCC(F)(F)C2)[nH]c2ccncc12. The van der Waals surface area contributed by atoms with Gasteiger partial charge < -0.3 is 4.98 Å². The number of aromatic amines is 1. The standard InChI is InChI=1S/C14H14F2N2O/c15-14(16)4-1-2-9(7-14)12-6-13(19)10-8-17-5-3-11(10)18-12/h3,5-6,8-9H,1-2,4,7H2,(H,18,19). The fourth-order valence-corrected chi connectivity index (χ4v) is 2.77. The Hall–Kier alpha value is -1.78. The van der Waals surface area contributed by atoms with Crippen molar-refractivity contribution in [3.05, 3.63) is 40.4 Å². The number of aromatic nitrogens is 2. The molecule has 3 rings (SSSR count). The molecule has 3 nitrogen and oxygen atoms in total. The number of fused-ring (bicyclic) bond motifs is 1. The number of hydrogen-bond acceptors (Lipinski definition) is 2. The first kappa shape index (κ1) is 12.3. The van der Waals surface area contributed by atoms with E-state index in [2.05, 4.69) is 9.97 Å². The molecule has 1 unspecified atom stereocenters. The van der Waals surface area contributed by atoms with Crippen LogP contribution in [0.15, 0.2) is 29.3 Å². The maximum atomic E-state index is 13.5. The van der Waals surface area contributed by atoms with Gasteiger partial charge in [-0.15, -0.1) is 0 Å². The lowest BCUT2D eigenvalue weighted by atomic mass is 9.84. The van der Waals surface area contributed by atoms with Crippen molar-refractivity contribution in [1.82, 2.24) is 9.97 Å². The van der Waals surface area contributed by atoms with Crippen LogP contribution in [0.2, 0.25) is 0 Å². The summed E-state index contributed by atoms with van der Waals surface area (Å²) in [5.41, 5.74) is 1.11. The Labute approximate surface area is 108 Å². The Morgan fingerprint density at radius 1 is 1.42 bits per heavy atom. The minimum absolute atomic E-state index is 0.0504. The lowest BCUT2D eigenvalue weighted by molar-refractivity contribution is -0.0412. The maximum Gasteiger partial charge on any atom is 0.248 e. The van der Waals surface area contributed by atoms with Crippen molar-refractivity contribution in [3.63, 3.8) is 0 Å². The van der Waals surface area contributed by atoms with Crippen LogP contribution in [0.25, 0.3) is 10.9 Å². The van der Waals surface area contributed by atoms with E-state index >= 15 is 0 Å². The van der Waals surface area contributed by atoms with Gasteiger partial charge in [-0.2, -0.15) is 0 Å². The van der Waals surface area contributed by atoms with Gasteiger partial charge in [-0.1, -0.05) is 0 Å². The number of H-pyrrole nitrogens is 1. The number of rotatable bonds is 1. The van der Waals surface area contributed by atoms with E-state index in [-0.39, 0.29) is 24.2 Å². The first-order chi connectivity index (χ1) is 9.05. The van der Waals surface area contributed by atoms with E-state index in [1.54, 1.807) is 12.3 Å². The largest absolute Gasteiger partial charge is 0.358 e. The van der Waals surface area contributed by atoms with Gasteiger partial charge in [0.2, 0.25) is 5.92 Å². The predicted octanol–water partition coefficient (Wildman–Crippen LogP) is 3.22. The molecule has 0 aliphatic heterocycles. The van der Waals surface area contributed by atoms with Gasteiger partial charge in [0.1, 0.15) is 0 Å². The second kappa shape index (κ2) is 4.40. The summed E-state index contributed by atoms with van der Waals surface area (Å²) < 4.78 is 26.9. The Morgan fingerprint density at radius 2 is 2.26 bits per heavy atom. The molecule has 2 aromatic rings. The van der Waals surface area contributed by atoms with Crippen molar-refractivity contribution in [2.75, 3.05) is 0 Å². The van der Waals surface area contributed by atoms with Gasteiger partial charge in [0.05, 0.1) is 10.9 Å². The van der Waals surface area contributed by atoms with Crippen LogP contribution in [0.4, 0.5) is 8.78 Å². The van der Waals surface area contributed by atoms with E-state index in [9.17, 15) is 13.6 Å². The van der Waals surface area contributed by atoms with E-state index in [0.717, 1.165) is 0 Å². The second-order valence-corrected chi connectivity index (χ2v) is 5.16. The zero-order valence-corrected chi connectivity index (χ0v) is 10.3. The maximum absolute atomic E-state index is 13.5. The highest BCUT2D eigenvalue weighted by atomic mass is 19.3. The monoisotopic (exact) mass is 264 g/mol. The summed E-state index contributed by atoms with van der Waals surface area (Å²) in [5.74, 6) is -2.89. The minimum atomic E-state index is -2.62. The number of alkyl halides is 2. The molecule has 0 bridgehead atoms. The molecule has 0 amide bonds. The minimum Gasteiger partial charge on any atom is -0.358 e. The topological polar surface area (TPSA) is 45.8 Å². The van der Waals surface area contributed by atoms with Crippen LogP contribution in [0.5, 0.6) is 0 Å². The molecule has 0 spiro atoms. The third kappa shape index (κ3) is 2.37. The van der Waals surface area contributed by atoms with E-state index in [0.29, 0.717) is 29.4 Å². The van der Waals surface area contributed by atoms with Crippen molar-refractivity contribution in [2.24, 2.45) is 0 Å². The summed E-state index contributed by atoms with van der Waals surface area (Å²) in [7, 11) is 0. The summed E-state index contributed by atoms with van der Waals surface area (Å²) in [5, 5.41) is 0.494. The molecule has 0 saturated heterocycles. The van der Waals surface area contributed by atoms with Gasteiger partial charge in [0, 0.05) is 42.9 Å². The summed E-state index contributed by atoms with van der Waals surface area (Å²) in [4.78, 5) is 19.0. The lowest BCUT2D eigenvalue weighted by Crippen LogP contribution is -2.26. The molecule has 1 N–H and O–H groups in total. The second-order valence-electron chi connectivity index (χ2n) is 5.16. The normalized spacial score (nSPS) is 22.5. The number of nitrogens with one attached hydrogen (secondary N) is 1. The van der Waals surface area contributed by atoms with E-state index < -0.39 is 5.92 Å². The Kier molecular flexibility index (Phi) is 2.84. The summed E-state index contributed by atoms with van der Waals surface area (Å²) in [6.45, 7) is 0. The van der Waals surface area contributed by atoms with Gasteiger partial charge in [-0.25, -0.2) is 8.78 Å². The quantitative estimate of drug-likeness (QED) is 0.859. The number of pyridine rings is 2. The molecule has 100 valence electrons. The van der Waals surface area contributed by atoms with Gasteiger partial charge in [-0.3, -0.25) is 9.78 Å². The smallest absolute Gasteiger partial charge is 0.248 e. The van der Waals surface area contributed by atoms with Crippen LogP contribution in [-0.2, 0) is 0 Å². The number of nitrogens with zero attached hydrogens (tertiary/aromatic N) is 1. The van der Waals surface area contributed by atoms with Crippen molar-refractivity contribution < 1.29 is 8.78 Å². The fourth-order valence-electron chi connectivity index (χ4n) is 2.77. The Bertz CT molecular complexity index is 666. The molecule has 1 atom stereocenters. The van der Waals surface area contributed by atoms with Gasteiger partial charge in [0.15, 0.2) is 5.43 Å². The molecule has 5 heteroatoms. The average molecular weight is 264 g/mol. The van der Waals surface area contributed by atoms with E-state index in [4.69, 9.17) is 0 Å². The molecule has 2 aromatic heterocycles. The van der Waals surface area contributed by atoms with Gasteiger partial charge in [-0.05, 0) is 18.9 Å². The van der Waals surface area contributed by atoms with Gasteiger partial charge in [0.25, 0.3) is 0 Å². The van der Waals surface area contributed by atoms with E-state index in [1.807, 2.05) is 0 Å². The molecular weight excluding hydrogens is 250 g/mol. The molecular formula is C14H14F2N2O. The van der Waals surface area contributed by atoms with Crippen molar-refractivity contribution in [1.29, 1.82) is 0 Å². The third-order valence-electron chi connectivity index (χ3n) is 3.73. The Balaban J connectivity index is 2.03. The molecule has 1 aliphatic carbocycles. The lowest BCUT2D eigenvalue weighted by Gasteiger charge is -2.28. The van der Waals surface area contributed by atoms with E-state index in [1.165, 1.54) is 12.3 Å². The van der Waals surface area contributed by atoms with Crippen LogP contribution >= 0.6 is 0 Å². The van der Waals surface area contributed by atoms with Crippen molar-refractivity contribution >= 4 is 10.9 Å². The molecule has 0 radical (unpaired) electrons. The number of halogens is 2. The van der Waals surface area contributed by atoms with Gasteiger partial charge >= 0.3 is 0 Å². The average Bonchev–Trinajstić information content (AvgIpc) is 2.37. The highest BCUT2D eigenvalue weighted by Gasteiger charge is 2.37. The van der Waals surface area contributed by atoms with Crippen molar-refractivity contribution in [2.45, 2.75) is 37.5 Å². The fraction of sp³-hybridized carbons (Fsp3) is 0.429. The highest BCUT2D eigenvalue weighted by Crippen LogP contribution is 2.41. The van der Waals surface area contributed by atoms with Crippen LogP contribution < -0.4 is 5.43 Å². The zero-order chi connectivity index (χ0) is 13.5. The first-order valence-corrected chi connectivity index (χ1v) is 6.40. The van der Waals surface area contributed by atoms with Crippen LogP contribution in [0, 0.1) is 0 Å². The predicted molar refractivity (Wildman–Crippen MR) is 68.5 cm³/mol. The Morgan fingerprint density at radius 3 is 3.05 bits per heavy atom. The van der Waals surface area contributed by atoms with Crippen molar-refractivity contribution in [3.8, 4) is 0 Å². The molecule has 1 saturated carbocycles. The molecule has 19 heavy (non-hydrogen) atoms. The first-order valence-electron chi connectivity index (χ1n) is 6.40. The third-order valence-corrected chi connectivity index (χ3v) is 3.73. The molecule has 1 fully saturated rings. The zero-order valence-electron chi connectivity index (χ0n) is 10.3. The molecule has 1 aliphatic rings. The molecule has 0 aromatic carbocycles. The summed E-state index contributed by atoms with van der Waals surface area (Å²) in [6.07, 6.45) is 4.03. The van der Waals surface area contributed by atoms with Crippen LogP contribution in [0.3, 0.4) is 0 Å². The summed E-state index contributed by atoms with van der Waals surface area (Å²) in [6, 6.07) is 3.14. The molecule has 2 heterocycles.